The molecule has 0 aliphatic rings. The van der Waals surface area contributed by atoms with Crippen molar-refractivity contribution in [2.45, 2.75) is 33.2 Å². The van der Waals surface area contributed by atoms with Crippen LogP contribution in [0.5, 0.6) is 0 Å². The van der Waals surface area contributed by atoms with Crippen LogP contribution in [0.2, 0.25) is 5.02 Å². The number of hydrogen-bond donors (Lipinski definition) is 1. The van der Waals surface area contributed by atoms with Gasteiger partial charge in [-0.1, -0.05) is 37.6 Å². The van der Waals surface area contributed by atoms with Crippen LogP contribution in [0.15, 0.2) is 18.2 Å². The highest BCUT2D eigenvalue weighted by atomic mass is 35.5. The highest BCUT2D eigenvalue weighted by molar-refractivity contribution is 7.11. The van der Waals surface area contributed by atoms with E-state index in [0.717, 1.165) is 23.7 Å². The maximum absolute atomic E-state index is 14.3. The Morgan fingerprint density at radius 1 is 1.40 bits per heavy atom. The van der Waals surface area contributed by atoms with Crippen molar-refractivity contribution in [1.82, 2.24) is 10.3 Å². The Hall–Kier alpha value is -0.970. The van der Waals surface area contributed by atoms with Gasteiger partial charge in [0, 0.05) is 10.4 Å². The molecule has 1 aromatic heterocycles. The maximum atomic E-state index is 14.3. The molecule has 1 atom stereocenters. The number of aromatic nitrogens is 1. The normalized spacial score (nSPS) is 12.7. The molecule has 20 heavy (non-hydrogen) atoms. The molecule has 2 nitrogen and oxygen atoms in total. The molecule has 0 saturated carbocycles. The van der Waals surface area contributed by atoms with Crippen LogP contribution in [0.3, 0.4) is 0 Å². The van der Waals surface area contributed by atoms with Crippen molar-refractivity contribution in [3.63, 3.8) is 0 Å². The molecular formula is C15H18ClFN2S. The smallest absolute Gasteiger partial charge is 0.146 e. The van der Waals surface area contributed by atoms with Crippen LogP contribution in [0, 0.1) is 12.7 Å². The van der Waals surface area contributed by atoms with Gasteiger partial charge in [0.2, 0.25) is 0 Å². The Bertz CT molecular complexity index is 598. The summed E-state index contributed by atoms with van der Waals surface area (Å²) in [4.78, 5) is 5.83. The Labute approximate surface area is 128 Å². The van der Waals surface area contributed by atoms with Crippen molar-refractivity contribution in [2.75, 3.05) is 6.54 Å². The van der Waals surface area contributed by atoms with E-state index in [-0.39, 0.29) is 16.9 Å². The first kappa shape index (κ1) is 15.4. The topological polar surface area (TPSA) is 24.9 Å². The van der Waals surface area contributed by atoms with Crippen molar-refractivity contribution >= 4 is 22.9 Å². The fourth-order valence-electron chi connectivity index (χ4n) is 2.18. The van der Waals surface area contributed by atoms with Crippen molar-refractivity contribution in [1.29, 1.82) is 0 Å². The summed E-state index contributed by atoms with van der Waals surface area (Å²) in [7, 11) is 0. The van der Waals surface area contributed by atoms with Gasteiger partial charge in [0.1, 0.15) is 10.8 Å². The van der Waals surface area contributed by atoms with E-state index in [1.807, 2.05) is 6.92 Å². The first-order valence-corrected chi connectivity index (χ1v) is 7.91. The third-order valence-corrected chi connectivity index (χ3v) is 4.56. The van der Waals surface area contributed by atoms with Crippen LogP contribution in [-0.2, 0) is 6.42 Å². The minimum absolute atomic E-state index is 0.148. The lowest BCUT2D eigenvalue weighted by Crippen LogP contribution is -2.23. The van der Waals surface area contributed by atoms with Gasteiger partial charge in [-0.15, -0.1) is 11.3 Å². The summed E-state index contributed by atoms with van der Waals surface area (Å²) in [5.74, 6) is -0.369. The average molecular weight is 313 g/mol. The zero-order valence-electron chi connectivity index (χ0n) is 11.8. The summed E-state index contributed by atoms with van der Waals surface area (Å²) in [6.45, 7) is 6.86. The van der Waals surface area contributed by atoms with Gasteiger partial charge in [-0.3, -0.25) is 0 Å². The van der Waals surface area contributed by atoms with E-state index < -0.39 is 0 Å². The van der Waals surface area contributed by atoms with Crippen LogP contribution < -0.4 is 5.32 Å². The summed E-state index contributed by atoms with van der Waals surface area (Å²) in [6.07, 6.45) is 0.888. The Balaban J connectivity index is 2.47. The average Bonchev–Trinajstić information content (AvgIpc) is 2.80. The number of aryl methyl sites for hydroxylation is 2. The number of hydrogen-bond acceptors (Lipinski definition) is 3. The highest BCUT2D eigenvalue weighted by Crippen LogP contribution is 2.31. The molecule has 2 rings (SSSR count). The number of nitrogens with one attached hydrogen (secondary N) is 1. The first-order valence-electron chi connectivity index (χ1n) is 6.71. The molecule has 5 heteroatoms. The standard InChI is InChI=1S/C15H18ClFN2S/c1-4-12-9(3)20-15(19-12)14(18-5-2)10-7-6-8-11(16)13(10)17/h6-8,14,18H,4-5H2,1-3H3. The maximum Gasteiger partial charge on any atom is 0.146 e. The summed E-state index contributed by atoms with van der Waals surface area (Å²) < 4.78 is 14.3. The lowest BCUT2D eigenvalue weighted by molar-refractivity contribution is 0.557. The molecule has 0 saturated heterocycles. The molecule has 1 unspecified atom stereocenters. The van der Waals surface area contributed by atoms with E-state index >= 15 is 0 Å². The Morgan fingerprint density at radius 2 is 2.15 bits per heavy atom. The lowest BCUT2D eigenvalue weighted by atomic mass is 10.1. The third kappa shape index (κ3) is 3.03. The molecule has 0 aliphatic carbocycles. The lowest BCUT2D eigenvalue weighted by Gasteiger charge is -2.17. The monoisotopic (exact) mass is 312 g/mol. The van der Waals surface area contributed by atoms with E-state index in [4.69, 9.17) is 11.6 Å². The molecule has 1 N–H and O–H groups in total. The van der Waals surface area contributed by atoms with Gasteiger partial charge in [-0.2, -0.15) is 0 Å². The summed E-state index contributed by atoms with van der Waals surface area (Å²) in [5, 5.41) is 4.34. The minimum Gasteiger partial charge on any atom is -0.304 e. The number of rotatable bonds is 5. The summed E-state index contributed by atoms with van der Waals surface area (Å²) in [5.41, 5.74) is 1.63. The molecule has 0 radical (unpaired) electrons. The number of halogens is 2. The Kier molecular flexibility index (Phi) is 5.13. The van der Waals surface area contributed by atoms with E-state index in [9.17, 15) is 4.39 Å². The van der Waals surface area contributed by atoms with Crippen molar-refractivity contribution in [3.05, 3.63) is 50.2 Å². The van der Waals surface area contributed by atoms with Crippen LogP contribution in [0.1, 0.15) is 41.0 Å². The van der Waals surface area contributed by atoms with Crippen molar-refractivity contribution in [2.24, 2.45) is 0 Å². The van der Waals surface area contributed by atoms with Crippen LogP contribution in [0.4, 0.5) is 4.39 Å². The molecule has 0 spiro atoms. The van der Waals surface area contributed by atoms with E-state index in [1.54, 1.807) is 29.5 Å². The minimum atomic E-state index is -0.369. The van der Waals surface area contributed by atoms with Crippen LogP contribution in [0.25, 0.3) is 0 Å². The number of benzene rings is 1. The second-order valence-corrected chi connectivity index (χ2v) is 6.18. The molecule has 1 aromatic carbocycles. The second-order valence-electron chi connectivity index (χ2n) is 4.54. The van der Waals surface area contributed by atoms with Gasteiger partial charge in [0.15, 0.2) is 0 Å². The van der Waals surface area contributed by atoms with E-state index in [2.05, 4.69) is 24.1 Å². The molecule has 108 valence electrons. The van der Waals surface area contributed by atoms with Crippen molar-refractivity contribution < 1.29 is 4.39 Å². The second kappa shape index (κ2) is 6.66. The number of thiazole rings is 1. The predicted molar refractivity (Wildman–Crippen MR) is 83.2 cm³/mol. The molecule has 0 aliphatic heterocycles. The Morgan fingerprint density at radius 3 is 2.75 bits per heavy atom. The van der Waals surface area contributed by atoms with Crippen molar-refractivity contribution in [3.8, 4) is 0 Å². The molecule has 0 fully saturated rings. The van der Waals surface area contributed by atoms with E-state index in [0.29, 0.717) is 5.56 Å². The quantitative estimate of drug-likeness (QED) is 0.879. The molecule has 2 aromatic rings. The van der Waals surface area contributed by atoms with Gasteiger partial charge in [0.05, 0.1) is 16.8 Å². The molecular weight excluding hydrogens is 295 g/mol. The van der Waals surface area contributed by atoms with Gasteiger partial charge in [0.25, 0.3) is 0 Å². The molecule has 0 amide bonds. The highest BCUT2D eigenvalue weighted by Gasteiger charge is 2.22. The summed E-state index contributed by atoms with van der Waals surface area (Å²) >= 11 is 7.50. The van der Waals surface area contributed by atoms with Gasteiger partial charge in [-0.05, 0) is 26.0 Å². The van der Waals surface area contributed by atoms with Gasteiger partial charge >= 0.3 is 0 Å². The SMILES string of the molecule is CCNC(c1nc(CC)c(C)s1)c1cccc(Cl)c1F. The van der Waals surface area contributed by atoms with Crippen LogP contribution in [-0.4, -0.2) is 11.5 Å². The third-order valence-electron chi connectivity index (χ3n) is 3.19. The van der Waals surface area contributed by atoms with Gasteiger partial charge in [-0.25, -0.2) is 9.37 Å². The predicted octanol–water partition coefficient (Wildman–Crippen LogP) is 4.51. The van der Waals surface area contributed by atoms with E-state index in [1.165, 1.54) is 4.88 Å². The summed E-state index contributed by atoms with van der Waals surface area (Å²) in [6, 6.07) is 4.85. The van der Waals surface area contributed by atoms with Gasteiger partial charge < -0.3 is 5.32 Å². The number of nitrogens with zero attached hydrogens (tertiary/aromatic N) is 1. The fourth-order valence-corrected chi connectivity index (χ4v) is 3.47. The first-order chi connectivity index (χ1) is 9.58. The zero-order chi connectivity index (χ0) is 14.7. The van der Waals surface area contributed by atoms with Crippen LogP contribution >= 0.6 is 22.9 Å². The molecule has 0 bridgehead atoms. The zero-order valence-corrected chi connectivity index (χ0v) is 13.4. The molecule has 1 heterocycles. The fraction of sp³-hybridized carbons (Fsp3) is 0.400. The largest absolute Gasteiger partial charge is 0.304 e.